The van der Waals surface area contributed by atoms with Crippen LogP contribution in [0.25, 0.3) is 0 Å². The summed E-state index contributed by atoms with van der Waals surface area (Å²) in [6, 6.07) is 8.99. The minimum absolute atomic E-state index is 0.342. The maximum Gasteiger partial charge on any atom is 0.323 e. The number of rotatable bonds is 6. The second-order valence-corrected chi connectivity index (χ2v) is 8.48. The fourth-order valence-corrected chi connectivity index (χ4v) is 3.53. The summed E-state index contributed by atoms with van der Waals surface area (Å²) in [6.45, 7) is 0.361. The molecular formula is C14H20BrNO3S. The molecule has 1 aromatic rings. The van der Waals surface area contributed by atoms with E-state index in [-0.39, 0.29) is 0 Å². The van der Waals surface area contributed by atoms with Crippen molar-refractivity contribution in [3.8, 4) is 5.75 Å². The first kappa shape index (κ1) is 15.8. The Labute approximate surface area is 129 Å². The third kappa shape index (κ3) is 4.75. The van der Waals surface area contributed by atoms with E-state index in [4.69, 9.17) is 4.18 Å². The van der Waals surface area contributed by atoms with E-state index in [0.717, 1.165) is 12.8 Å². The van der Waals surface area contributed by atoms with Crippen molar-refractivity contribution in [3.05, 3.63) is 30.3 Å². The van der Waals surface area contributed by atoms with Crippen molar-refractivity contribution in [3.63, 3.8) is 0 Å². The third-order valence-electron chi connectivity index (χ3n) is 3.44. The Balaban J connectivity index is 1.85. The van der Waals surface area contributed by atoms with Gasteiger partial charge in [0.15, 0.2) is 4.16 Å². The molecule has 0 heterocycles. The van der Waals surface area contributed by atoms with Crippen LogP contribution in [0.1, 0.15) is 32.1 Å². The largest absolute Gasteiger partial charge is 0.382 e. The number of hydrogen-bond donors (Lipinski definition) is 1. The van der Waals surface area contributed by atoms with E-state index in [2.05, 4.69) is 21.2 Å². The molecule has 2 rings (SSSR count). The first-order valence-electron chi connectivity index (χ1n) is 6.94. The molecule has 1 aliphatic carbocycles. The van der Waals surface area contributed by atoms with Crippen LogP contribution >= 0.6 is 15.9 Å². The maximum absolute atomic E-state index is 12.1. The minimum Gasteiger partial charge on any atom is -0.382 e. The average Bonchev–Trinajstić information content (AvgIpc) is 2.46. The quantitative estimate of drug-likeness (QED) is 0.624. The van der Waals surface area contributed by atoms with E-state index in [0.29, 0.717) is 18.3 Å². The molecule has 1 unspecified atom stereocenters. The van der Waals surface area contributed by atoms with E-state index < -0.39 is 14.3 Å². The second kappa shape index (κ2) is 7.43. The molecule has 0 amide bonds. The predicted molar refractivity (Wildman–Crippen MR) is 83.6 cm³/mol. The summed E-state index contributed by atoms with van der Waals surface area (Å²) in [4.78, 5) is 0. The molecule has 0 saturated heterocycles. The standard InChI is InChI=1S/C14H20BrNO3S/c15-14(11-16-12-7-3-1-4-8-12)20(17,18)19-13-9-5-2-6-10-13/h2,5-6,9-10,12,14,16H,1,3-4,7-8,11H2. The molecule has 1 fully saturated rings. The molecule has 1 aliphatic rings. The Morgan fingerprint density at radius 2 is 1.85 bits per heavy atom. The van der Waals surface area contributed by atoms with Crippen LogP contribution in [-0.2, 0) is 10.1 Å². The van der Waals surface area contributed by atoms with E-state index in [1.165, 1.54) is 19.3 Å². The van der Waals surface area contributed by atoms with Crippen LogP contribution in [0, 0.1) is 0 Å². The molecule has 20 heavy (non-hydrogen) atoms. The van der Waals surface area contributed by atoms with E-state index >= 15 is 0 Å². The van der Waals surface area contributed by atoms with Gasteiger partial charge in [0.05, 0.1) is 0 Å². The summed E-state index contributed by atoms with van der Waals surface area (Å²) in [5, 5.41) is 3.31. The molecule has 1 aromatic carbocycles. The smallest absolute Gasteiger partial charge is 0.323 e. The number of halogens is 1. The van der Waals surface area contributed by atoms with Gasteiger partial charge < -0.3 is 9.50 Å². The van der Waals surface area contributed by atoms with Crippen molar-refractivity contribution in [2.24, 2.45) is 0 Å². The fourth-order valence-electron chi connectivity index (χ4n) is 2.33. The lowest BCUT2D eigenvalue weighted by molar-refractivity contribution is 0.377. The normalized spacial score (nSPS) is 18.6. The Bertz CT molecular complexity index is 500. The lowest BCUT2D eigenvalue weighted by Gasteiger charge is -2.24. The lowest BCUT2D eigenvalue weighted by atomic mass is 9.96. The number of hydrogen-bond acceptors (Lipinski definition) is 4. The van der Waals surface area contributed by atoms with Gasteiger partial charge in [0.25, 0.3) is 0 Å². The molecule has 0 radical (unpaired) electrons. The fraction of sp³-hybridized carbons (Fsp3) is 0.571. The van der Waals surface area contributed by atoms with Crippen LogP contribution in [0.5, 0.6) is 5.75 Å². The molecule has 0 spiro atoms. The zero-order chi connectivity index (χ0) is 14.4. The average molecular weight is 362 g/mol. The highest BCUT2D eigenvalue weighted by molar-refractivity contribution is 9.11. The van der Waals surface area contributed by atoms with Gasteiger partial charge in [-0.3, -0.25) is 0 Å². The number of benzene rings is 1. The zero-order valence-corrected chi connectivity index (χ0v) is 13.7. The molecule has 0 aromatic heterocycles. The SMILES string of the molecule is O=S(=O)(Oc1ccccc1)C(Br)CNC1CCCCC1. The summed E-state index contributed by atoms with van der Waals surface area (Å²) < 4.78 is 28.5. The zero-order valence-electron chi connectivity index (χ0n) is 11.3. The van der Waals surface area contributed by atoms with Crippen molar-refractivity contribution in [1.29, 1.82) is 0 Å². The topological polar surface area (TPSA) is 55.4 Å². The van der Waals surface area contributed by atoms with E-state index in [1.54, 1.807) is 24.3 Å². The molecule has 6 heteroatoms. The van der Waals surface area contributed by atoms with Gasteiger partial charge in [-0.15, -0.1) is 0 Å². The van der Waals surface area contributed by atoms with Gasteiger partial charge in [0.1, 0.15) is 5.75 Å². The highest BCUT2D eigenvalue weighted by Gasteiger charge is 2.26. The van der Waals surface area contributed by atoms with Crippen molar-refractivity contribution in [1.82, 2.24) is 5.32 Å². The Morgan fingerprint density at radius 1 is 1.20 bits per heavy atom. The monoisotopic (exact) mass is 361 g/mol. The molecular weight excluding hydrogens is 342 g/mol. The second-order valence-electron chi connectivity index (χ2n) is 5.04. The predicted octanol–water partition coefficient (Wildman–Crippen LogP) is 3.04. The Kier molecular flexibility index (Phi) is 5.86. The van der Waals surface area contributed by atoms with Crippen LogP contribution < -0.4 is 9.50 Å². The van der Waals surface area contributed by atoms with Crippen LogP contribution in [-0.4, -0.2) is 25.2 Å². The molecule has 1 N–H and O–H groups in total. The highest BCUT2D eigenvalue weighted by Crippen LogP contribution is 2.20. The van der Waals surface area contributed by atoms with Crippen molar-refractivity contribution in [2.45, 2.75) is 42.3 Å². The Hall–Kier alpha value is -0.590. The van der Waals surface area contributed by atoms with Gasteiger partial charge in [-0.1, -0.05) is 53.4 Å². The van der Waals surface area contributed by atoms with Crippen molar-refractivity contribution in [2.75, 3.05) is 6.54 Å². The van der Waals surface area contributed by atoms with Crippen LogP contribution in [0.4, 0.5) is 0 Å². The van der Waals surface area contributed by atoms with Gasteiger partial charge in [0.2, 0.25) is 0 Å². The first-order chi connectivity index (χ1) is 9.58. The minimum atomic E-state index is -3.66. The van der Waals surface area contributed by atoms with Crippen LogP contribution in [0.3, 0.4) is 0 Å². The molecule has 112 valence electrons. The number of para-hydroxylation sites is 1. The molecule has 1 saturated carbocycles. The van der Waals surface area contributed by atoms with Crippen molar-refractivity contribution < 1.29 is 12.6 Å². The summed E-state index contributed by atoms with van der Waals surface area (Å²) in [7, 11) is -3.66. The van der Waals surface area contributed by atoms with E-state index in [1.807, 2.05) is 6.07 Å². The lowest BCUT2D eigenvalue weighted by Crippen LogP contribution is -2.38. The summed E-state index contributed by atoms with van der Waals surface area (Å²) in [6.07, 6.45) is 5.97. The number of nitrogens with one attached hydrogen (secondary N) is 1. The van der Waals surface area contributed by atoms with E-state index in [9.17, 15) is 8.42 Å². The molecule has 4 nitrogen and oxygen atoms in total. The first-order valence-corrected chi connectivity index (χ1v) is 9.32. The summed E-state index contributed by atoms with van der Waals surface area (Å²) in [5.41, 5.74) is 0. The highest BCUT2D eigenvalue weighted by atomic mass is 79.9. The molecule has 0 bridgehead atoms. The summed E-state index contributed by atoms with van der Waals surface area (Å²) >= 11 is 3.21. The van der Waals surface area contributed by atoms with Gasteiger partial charge in [-0.2, -0.15) is 8.42 Å². The van der Waals surface area contributed by atoms with Gasteiger partial charge >= 0.3 is 10.1 Å². The van der Waals surface area contributed by atoms with Gasteiger partial charge in [0, 0.05) is 12.6 Å². The molecule has 1 atom stereocenters. The van der Waals surface area contributed by atoms with Gasteiger partial charge in [-0.05, 0) is 25.0 Å². The third-order valence-corrected chi connectivity index (χ3v) is 6.36. The maximum atomic E-state index is 12.1. The van der Waals surface area contributed by atoms with Gasteiger partial charge in [-0.25, -0.2) is 0 Å². The Morgan fingerprint density at radius 3 is 2.50 bits per heavy atom. The van der Waals surface area contributed by atoms with Crippen molar-refractivity contribution >= 4 is 26.0 Å². The van der Waals surface area contributed by atoms with Crippen LogP contribution in [0.2, 0.25) is 0 Å². The van der Waals surface area contributed by atoms with Crippen LogP contribution in [0.15, 0.2) is 30.3 Å². The molecule has 0 aliphatic heterocycles. The number of alkyl halides is 1. The summed E-state index contributed by atoms with van der Waals surface area (Å²) in [5.74, 6) is 0.342.